The van der Waals surface area contributed by atoms with E-state index in [0.29, 0.717) is 27.8 Å². The summed E-state index contributed by atoms with van der Waals surface area (Å²) in [4.78, 5) is 23.8. The molecule has 1 amide bonds. The second kappa shape index (κ2) is 9.84. The fraction of sp³-hybridized carbons (Fsp3) is 0.263. The minimum absolute atomic E-state index is 0.0626. The van der Waals surface area contributed by atoms with E-state index in [1.165, 1.54) is 36.9 Å². The van der Waals surface area contributed by atoms with Crippen LogP contribution in [0.3, 0.4) is 0 Å². The third-order valence-electron chi connectivity index (χ3n) is 3.53. The number of nitrogens with one attached hydrogen (secondary N) is 1. The monoisotopic (exact) mass is 431 g/mol. The number of thioether (sulfide) groups is 1. The van der Waals surface area contributed by atoms with Gasteiger partial charge in [0.05, 0.1) is 11.6 Å². The SMILES string of the molecule is CC(=O)OCC(C)CSc1cc(C(=O)Nc2cc(F)c(F)c(F)c2)ccc1Cl. The van der Waals surface area contributed by atoms with E-state index in [9.17, 15) is 22.8 Å². The predicted molar refractivity (Wildman–Crippen MR) is 102 cm³/mol. The van der Waals surface area contributed by atoms with Crippen molar-refractivity contribution in [1.29, 1.82) is 0 Å². The Kier molecular flexibility index (Phi) is 7.77. The van der Waals surface area contributed by atoms with Crippen molar-refractivity contribution >= 4 is 40.9 Å². The normalized spacial score (nSPS) is 11.8. The van der Waals surface area contributed by atoms with Gasteiger partial charge in [-0.15, -0.1) is 11.8 Å². The first-order valence-corrected chi connectivity index (χ1v) is 9.55. The van der Waals surface area contributed by atoms with E-state index in [0.717, 1.165) is 0 Å². The Labute approximate surface area is 169 Å². The van der Waals surface area contributed by atoms with Gasteiger partial charge in [0.15, 0.2) is 17.5 Å². The average Bonchev–Trinajstić information content (AvgIpc) is 2.63. The van der Waals surface area contributed by atoms with E-state index in [1.807, 2.05) is 6.92 Å². The Morgan fingerprint density at radius 3 is 2.43 bits per heavy atom. The summed E-state index contributed by atoms with van der Waals surface area (Å²) in [5.74, 6) is -4.74. The van der Waals surface area contributed by atoms with Crippen LogP contribution in [0.2, 0.25) is 5.02 Å². The largest absolute Gasteiger partial charge is 0.466 e. The summed E-state index contributed by atoms with van der Waals surface area (Å²) in [5.41, 5.74) is 0.00485. The van der Waals surface area contributed by atoms with Gasteiger partial charge in [-0.2, -0.15) is 0 Å². The van der Waals surface area contributed by atoms with Crippen LogP contribution in [0.25, 0.3) is 0 Å². The third-order valence-corrected chi connectivity index (χ3v) is 5.36. The predicted octanol–water partition coefficient (Wildman–Crippen LogP) is 5.30. The maximum absolute atomic E-state index is 13.3. The molecule has 0 saturated carbocycles. The maximum atomic E-state index is 13.3. The van der Waals surface area contributed by atoms with Crippen molar-refractivity contribution in [2.45, 2.75) is 18.7 Å². The lowest BCUT2D eigenvalue weighted by atomic mass is 10.2. The van der Waals surface area contributed by atoms with Crippen molar-refractivity contribution in [3.8, 4) is 0 Å². The van der Waals surface area contributed by atoms with E-state index in [-0.39, 0.29) is 29.7 Å². The van der Waals surface area contributed by atoms with Gasteiger partial charge in [0.1, 0.15) is 0 Å². The summed E-state index contributed by atoms with van der Waals surface area (Å²) in [6, 6.07) is 5.91. The number of halogens is 4. The molecule has 0 aliphatic rings. The number of rotatable bonds is 7. The maximum Gasteiger partial charge on any atom is 0.302 e. The smallest absolute Gasteiger partial charge is 0.302 e. The molecule has 150 valence electrons. The summed E-state index contributed by atoms with van der Waals surface area (Å²) in [6.45, 7) is 3.50. The number of amides is 1. The minimum atomic E-state index is -1.61. The van der Waals surface area contributed by atoms with Gasteiger partial charge in [-0.25, -0.2) is 13.2 Å². The van der Waals surface area contributed by atoms with E-state index in [2.05, 4.69) is 5.32 Å². The summed E-state index contributed by atoms with van der Waals surface area (Å²) in [7, 11) is 0. The highest BCUT2D eigenvalue weighted by molar-refractivity contribution is 7.99. The van der Waals surface area contributed by atoms with Crippen molar-refractivity contribution in [1.82, 2.24) is 0 Å². The molecule has 0 spiro atoms. The molecule has 0 saturated heterocycles. The molecular weight excluding hydrogens is 415 g/mol. The lowest BCUT2D eigenvalue weighted by molar-refractivity contribution is -0.141. The Morgan fingerprint density at radius 2 is 1.82 bits per heavy atom. The topological polar surface area (TPSA) is 55.4 Å². The van der Waals surface area contributed by atoms with Crippen LogP contribution in [0.15, 0.2) is 35.2 Å². The highest BCUT2D eigenvalue weighted by Crippen LogP contribution is 2.30. The lowest BCUT2D eigenvalue weighted by Crippen LogP contribution is -2.13. The van der Waals surface area contributed by atoms with Crippen molar-refractivity contribution < 1.29 is 27.5 Å². The van der Waals surface area contributed by atoms with Gasteiger partial charge in [-0.05, 0) is 24.1 Å². The zero-order valence-corrected chi connectivity index (χ0v) is 16.6. The molecule has 0 heterocycles. The standard InChI is InChI=1S/C19H17ClF3NO3S/c1-10(8-27-11(2)25)9-28-17-5-12(3-4-14(17)20)19(26)24-13-6-15(21)18(23)16(22)7-13/h3-7,10H,8-9H2,1-2H3,(H,24,26). The molecular formula is C19H17ClF3NO3S. The number of ether oxygens (including phenoxy) is 1. The average molecular weight is 432 g/mol. The van der Waals surface area contributed by atoms with Crippen LogP contribution >= 0.6 is 23.4 Å². The molecule has 0 aliphatic carbocycles. The fourth-order valence-corrected chi connectivity index (χ4v) is 3.38. The fourth-order valence-electron chi connectivity index (χ4n) is 2.13. The lowest BCUT2D eigenvalue weighted by Gasteiger charge is -2.12. The van der Waals surface area contributed by atoms with Crippen molar-refractivity contribution in [3.05, 3.63) is 58.4 Å². The molecule has 9 heteroatoms. The van der Waals surface area contributed by atoms with E-state index < -0.39 is 23.4 Å². The molecule has 0 fully saturated rings. The molecule has 2 aromatic carbocycles. The number of benzene rings is 2. The van der Waals surface area contributed by atoms with E-state index in [1.54, 1.807) is 0 Å². The van der Waals surface area contributed by atoms with Crippen molar-refractivity contribution in [2.75, 3.05) is 17.7 Å². The van der Waals surface area contributed by atoms with Gasteiger partial charge >= 0.3 is 5.97 Å². The van der Waals surface area contributed by atoms with Crippen LogP contribution in [0.5, 0.6) is 0 Å². The van der Waals surface area contributed by atoms with Gasteiger partial charge in [-0.3, -0.25) is 9.59 Å². The molecule has 1 N–H and O–H groups in total. The van der Waals surface area contributed by atoms with Crippen LogP contribution in [0.1, 0.15) is 24.2 Å². The van der Waals surface area contributed by atoms with Crippen LogP contribution in [0.4, 0.5) is 18.9 Å². The Balaban J connectivity index is 2.07. The van der Waals surface area contributed by atoms with Gasteiger partial charge in [0.25, 0.3) is 5.91 Å². The highest BCUT2D eigenvalue weighted by Gasteiger charge is 2.15. The van der Waals surface area contributed by atoms with Gasteiger partial charge < -0.3 is 10.1 Å². The molecule has 4 nitrogen and oxygen atoms in total. The van der Waals surface area contributed by atoms with Gasteiger partial charge in [-0.1, -0.05) is 18.5 Å². The number of hydrogen-bond donors (Lipinski definition) is 1. The quantitative estimate of drug-likeness (QED) is 0.367. The first-order chi connectivity index (χ1) is 13.2. The molecule has 0 bridgehead atoms. The molecule has 0 aromatic heterocycles. The van der Waals surface area contributed by atoms with Crippen LogP contribution in [-0.2, 0) is 9.53 Å². The van der Waals surface area contributed by atoms with Crippen LogP contribution in [0, 0.1) is 23.4 Å². The van der Waals surface area contributed by atoms with Gasteiger partial charge in [0.2, 0.25) is 0 Å². The van der Waals surface area contributed by atoms with Crippen molar-refractivity contribution in [2.24, 2.45) is 5.92 Å². The molecule has 1 unspecified atom stereocenters. The summed E-state index contributed by atoms with van der Waals surface area (Å²) >= 11 is 7.53. The number of carbonyl (C=O) groups is 2. The molecule has 28 heavy (non-hydrogen) atoms. The second-order valence-corrected chi connectivity index (χ2v) is 7.54. The van der Waals surface area contributed by atoms with E-state index >= 15 is 0 Å². The zero-order chi connectivity index (χ0) is 20.8. The summed E-state index contributed by atoms with van der Waals surface area (Å²) in [5, 5.41) is 2.75. The summed E-state index contributed by atoms with van der Waals surface area (Å²) < 4.78 is 44.5. The molecule has 1 atom stereocenters. The first-order valence-electron chi connectivity index (χ1n) is 8.19. The van der Waals surface area contributed by atoms with E-state index in [4.69, 9.17) is 16.3 Å². The number of esters is 1. The molecule has 0 radical (unpaired) electrons. The first kappa shape index (κ1) is 22.1. The zero-order valence-electron chi connectivity index (χ0n) is 15.0. The Morgan fingerprint density at radius 1 is 1.18 bits per heavy atom. The van der Waals surface area contributed by atoms with Crippen LogP contribution in [-0.4, -0.2) is 24.2 Å². The summed E-state index contributed by atoms with van der Waals surface area (Å²) in [6.07, 6.45) is 0. The molecule has 2 aromatic rings. The third kappa shape index (κ3) is 6.17. The number of carbonyl (C=O) groups excluding carboxylic acids is 2. The number of anilines is 1. The highest BCUT2D eigenvalue weighted by atomic mass is 35.5. The second-order valence-electron chi connectivity index (χ2n) is 6.07. The molecule has 0 aliphatic heterocycles. The Hall–Kier alpha value is -2.19. The minimum Gasteiger partial charge on any atom is -0.466 e. The molecule has 2 rings (SSSR count). The van der Waals surface area contributed by atoms with Crippen LogP contribution < -0.4 is 5.32 Å². The van der Waals surface area contributed by atoms with Crippen molar-refractivity contribution in [3.63, 3.8) is 0 Å². The number of hydrogen-bond acceptors (Lipinski definition) is 4. The Bertz CT molecular complexity index is 872. The van der Waals surface area contributed by atoms with Gasteiger partial charge in [0, 0.05) is 41.0 Å².